The average molecular weight is 378 g/mol. The molecular weight excluding hydrogens is 352 g/mol. The van der Waals surface area contributed by atoms with Crippen LogP contribution < -0.4 is 19.7 Å². The molecule has 1 saturated heterocycles. The molecule has 4 rings (SSSR count). The van der Waals surface area contributed by atoms with Gasteiger partial charge in [0, 0.05) is 35.7 Å². The largest absolute Gasteiger partial charge is 0.497 e. The van der Waals surface area contributed by atoms with E-state index in [0.29, 0.717) is 13.0 Å². The Hall–Kier alpha value is -2.95. The summed E-state index contributed by atoms with van der Waals surface area (Å²) in [4.78, 5) is 14.8. The Kier molecular flexibility index (Phi) is 4.33. The van der Waals surface area contributed by atoms with Crippen molar-refractivity contribution >= 4 is 17.7 Å². The van der Waals surface area contributed by atoms with Gasteiger partial charge in [-0.15, -0.1) is 0 Å². The molecule has 5 nitrogen and oxygen atoms in total. The fraction of sp³-hybridized carbons (Fsp3) is 0.348. The molecule has 1 N–H and O–H groups in total. The number of amides is 1. The van der Waals surface area contributed by atoms with Crippen molar-refractivity contribution < 1.29 is 14.3 Å². The summed E-state index contributed by atoms with van der Waals surface area (Å²) in [5, 5.41) is 3.29. The predicted octanol–water partition coefficient (Wildman–Crippen LogP) is 3.73. The van der Waals surface area contributed by atoms with Crippen molar-refractivity contribution in [1.82, 2.24) is 5.32 Å². The zero-order valence-electron chi connectivity index (χ0n) is 16.8. The molecular formula is C23H26N2O3. The lowest BCUT2D eigenvalue weighted by Gasteiger charge is -2.49. The van der Waals surface area contributed by atoms with Crippen LogP contribution in [0, 0.1) is 0 Å². The first-order chi connectivity index (χ1) is 13.4. The highest BCUT2D eigenvalue weighted by molar-refractivity contribution is 5.84. The Morgan fingerprint density at radius 1 is 1.11 bits per heavy atom. The van der Waals surface area contributed by atoms with Crippen molar-refractivity contribution in [3.8, 4) is 11.5 Å². The van der Waals surface area contributed by atoms with Crippen molar-refractivity contribution in [2.75, 3.05) is 25.7 Å². The highest BCUT2D eigenvalue weighted by Crippen LogP contribution is 2.52. The van der Waals surface area contributed by atoms with E-state index in [1.54, 1.807) is 14.2 Å². The monoisotopic (exact) mass is 378 g/mol. The number of nitrogens with one attached hydrogen (secondary N) is 1. The average Bonchev–Trinajstić information content (AvgIpc) is 2.90. The van der Waals surface area contributed by atoms with Crippen LogP contribution in [-0.2, 0) is 10.2 Å². The van der Waals surface area contributed by atoms with Crippen LogP contribution in [0.2, 0.25) is 0 Å². The second-order valence-electron chi connectivity index (χ2n) is 7.80. The summed E-state index contributed by atoms with van der Waals surface area (Å²) in [5.74, 6) is 1.55. The van der Waals surface area contributed by atoms with Gasteiger partial charge in [0.25, 0.3) is 0 Å². The SMILES string of the molecule is COc1ccc(C=CC23NC(=O)CCN2c2ccccc2C3(C)C)c(OC)c1. The van der Waals surface area contributed by atoms with Crippen LogP contribution in [-0.4, -0.2) is 32.3 Å². The second-order valence-corrected chi connectivity index (χ2v) is 7.80. The first-order valence-electron chi connectivity index (χ1n) is 9.52. The normalized spacial score (nSPS) is 22.6. The van der Waals surface area contributed by atoms with Gasteiger partial charge in [0.15, 0.2) is 0 Å². The van der Waals surface area contributed by atoms with E-state index in [0.717, 1.165) is 17.1 Å². The standard InChI is InChI=1S/C23H26N2O3/c1-22(2)18-7-5-6-8-19(18)25-14-12-21(26)24-23(22,25)13-11-16-9-10-17(27-3)15-20(16)28-4/h5-11,13,15H,12,14H2,1-4H3,(H,24,26). The number of fused-ring (bicyclic) bond motifs is 3. The lowest BCUT2D eigenvalue weighted by Crippen LogP contribution is -2.68. The van der Waals surface area contributed by atoms with Gasteiger partial charge >= 0.3 is 0 Å². The molecule has 28 heavy (non-hydrogen) atoms. The summed E-state index contributed by atoms with van der Waals surface area (Å²) in [7, 11) is 3.28. The maximum Gasteiger partial charge on any atom is 0.223 e. The number of carbonyl (C=O) groups excluding carboxylic acids is 1. The van der Waals surface area contributed by atoms with E-state index in [4.69, 9.17) is 9.47 Å². The molecule has 2 aliphatic heterocycles. The topological polar surface area (TPSA) is 50.8 Å². The third-order valence-electron chi connectivity index (χ3n) is 6.08. The highest BCUT2D eigenvalue weighted by atomic mass is 16.5. The molecule has 2 aliphatic rings. The molecule has 0 radical (unpaired) electrons. The summed E-state index contributed by atoms with van der Waals surface area (Å²) >= 11 is 0. The molecule has 2 aromatic carbocycles. The van der Waals surface area contributed by atoms with E-state index < -0.39 is 5.66 Å². The maximum atomic E-state index is 12.5. The Morgan fingerprint density at radius 2 is 1.89 bits per heavy atom. The maximum absolute atomic E-state index is 12.5. The molecule has 2 aromatic rings. The van der Waals surface area contributed by atoms with Crippen LogP contribution in [0.3, 0.4) is 0 Å². The molecule has 0 bridgehead atoms. The molecule has 1 unspecified atom stereocenters. The van der Waals surface area contributed by atoms with Crippen molar-refractivity contribution in [3.63, 3.8) is 0 Å². The van der Waals surface area contributed by atoms with Crippen LogP contribution >= 0.6 is 0 Å². The summed E-state index contributed by atoms with van der Waals surface area (Å²) in [6.07, 6.45) is 4.63. The molecule has 0 aromatic heterocycles. The van der Waals surface area contributed by atoms with Crippen molar-refractivity contribution in [1.29, 1.82) is 0 Å². The van der Waals surface area contributed by atoms with Gasteiger partial charge in [-0.05, 0) is 29.8 Å². The van der Waals surface area contributed by atoms with Gasteiger partial charge < -0.3 is 19.7 Å². The first-order valence-corrected chi connectivity index (χ1v) is 9.52. The second kappa shape index (κ2) is 6.59. The van der Waals surface area contributed by atoms with Crippen LogP contribution in [0.1, 0.15) is 31.4 Å². The van der Waals surface area contributed by atoms with Gasteiger partial charge in [0.2, 0.25) is 5.91 Å². The van der Waals surface area contributed by atoms with Crippen LogP contribution in [0.5, 0.6) is 11.5 Å². The van der Waals surface area contributed by atoms with E-state index in [1.165, 1.54) is 11.3 Å². The number of anilines is 1. The fourth-order valence-corrected chi connectivity index (χ4v) is 4.49. The van der Waals surface area contributed by atoms with Gasteiger partial charge in [-0.2, -0.15) is 0 Å². The molecule has 0 aliphatic carbocycles. The van der Waals surface area contributed by atoms with Gasteiger partial charge in [-0.3, -0.25) is 4.79 Å². The van der Waals surface area contributed by atoms with E-state index in [9.17, 15) is 4.79 Å². The number of ether oxygens (including phenoxy) is 2. The Balaban J connectivity index is 1.82. The van der Waals surface area contributed by atoms with Crippen molar-refractivity contribution in [2.24, 2.45) is 0 Å². The fourth-order valence-electron chi connectivity index (χ4n) is 4.49. The number of para-hydroxylation sites is 1. The summed E-state index contributed by atoms with van der Waals surface area (Å²) in [6.45, 7) is 5.07. The lowest BCUT2D eigenvalue weighted by atomic mass is 9.74. The number of nitrogens with zero attached hydrogens (tertiary/aromatic N) is 1. The number of rotatable bonds is 4. The van der Waals surface area contributed by atoms with E-state index in [-0.39, 0.29) is 11.3 Å². The number of methoxy groups -OCH3 is 2. The summed E-state index contributed by atoms with van der Waals surface area (Å²) in [5.41, 5.74) is 2.43. The predicted molar refractivity (Wildman–Crippen MR) is 111 cm³/mol. The molecule has 146 valence electrons. The third kappa shape index (κ3) is 2.57. The Labute approximate surface area is 165 Å². The van der Waals surface area contributed by atoms with Crippen molar-refractivity contribution in [2.45, 2.75) is 31.3 Å². The third-order valence-corrected chi connectivity index (χ3v) is 6.08. The molecule has 0 saturated carbocycles. The van der Waals surface area contributed by atoms with Crippen LogP contribution in [0.15, 0.2) is 48.5 Å². The number of carbonyl (C=O) groups is 1. The Bertz CT molecular complexity index is 951. The Morgan fingerprint density at radius 3 is 2.64 bits per heavy atom. The summed E-state index contributed by atoms with van der Waals surface area (Å²) in [6, 6.07) is 14.1. The zero-order valence-corrected chi connectivity index (χ0v) is 16.8. The van der Waals surface area contributed by atoms with Gasteiger partial charge in [-0.1, -0.05) is 38.1 Å². The minimum Gasteiger partial charge on any atom is -0.497 e. The smallest absolute Gasteiger partial charge is 0.223 e. The highest BCUT2D eigenvalue weighted by Gasteiger charge is 2.57. The van der Waals surface area contributed by atoms with Gasteiger partial charge in [0.1, 0.15) is 17.2 Å². The quantitative estimate of drug-likeness (QED) is 0.881. The number of hydrogen-bond acceptors (Lipinski definition) is 4. The molecule has 1 amide bonds. The minimum absolute atomic E-state index is 0.0727. The van der Waals surface area contributed by atoms with Crippen LogP contribution in [0.4, 0.5) is 5.69 Å². The number of benzene rings is 2. The number of hydrogen-bond donors (Lipinski definition) is 1. The first kappa shape index (κ1) is 18.4. The molecule has 0 spiro atoms. The molecule has 1 atom stereocenters. The molecule has 2 heterocycles. The zero-order chi connectivity index (χ0) is 19.9. The van der Waals surface area contributed by atoms with E-state index in [2.05, 4.69) is 54.4 Å². The molecule has 1 fully saturated rings. The van der Waals surface area contributed by atoms with Gasteiger partial charge in [-0.25, -0.2) is 0 Å². The minimum atomic E-state index is -0.628. The molecule has 5 heteroatoms. The van der Waals surface area contributed by atoms with E-state index >= 15 is 0 Å². The summed E-state index contributed by atoms with van der Waals surface area (Å²) < 4.78 is 10.8. The lowest BCUT2D eigenvalue weighted by molar-refractivity contribution is -0.124. The van der Waals surface area contributed by atoms with Crippen LogP contribution in [0.25, 0.3) is 6.08 Å². The van der Waals surface area contributed by atoms with Gasteiger partial charge in [0.05, 0.1) is 14.2 Å². The van der Waals surface area contributed by atoms with E-state index in [1.807, 2.05) is 24.3 Å². The van der Waals surface area contributed by atoms with Crippen molar-refractivity contribution in [3.05, 3.63) is 59.7 Å².